The van der Waals surface area contributed by atoms with Crippen molar-refractivity contribution in [1.29, 1.82) is 5.26 Å². The van der Waals surface area contributed by atoms with E-state index in [4.69, 9.17) is 36.3 Å². The predicted octanol–water partition coefficient (Wildman–Crippen LogP) is 4.79. The van der Waals surface area contributed by atoms with Gasteiger partial charge in [-0.2, -0.15) is 5.26 Å². The van der Waals surface area contributed by atoms with Crippen LogP contribution in [0.5, 0.6) is 23.0 Å². The number of nitrogens with zero attached hydrogens (tertiary/aromatic N) is 1. The van der Waals surface area contributed by atoms with E-state index in [1.807, 2.05) is 24.3 Å². The zero-order valence-electron chi connectivity index (χ0n) is 17.8. The van der Waals surface area contributed by atoms with Crippen LogP contribution >= 0.6 is 11.6 Å². The zero-order valence-corrected chi connectivity index (χ0v) is 18.6. The van der Waals surface area contributed by atoms with E-state index in [9.17, 15) is 10.1 Å². The van der Waals surface area contributed by atoms with Gasteiger partial charge in [0.05, 0.1) is 30.7 Å². The lowest BCUT2D eigenvalue weighted by Gasteiger charge is -2.27. The van der Waals surface area contributed by atoms with Gasteiger partial charge in [0.25, 0.3) is 0 Å². The number of methoxy groups -OCH3 is 2. The topological polar surface area (TPSA) is 104 Å². The Labute approximate surface area is 195 Å². The molecule has 0 aliphatic carbocycles. The van der Waals surface area contributed by atoms with Crippen LogP contribution in [0, 0.1) is 11.3 Å². The number of carbonyl (C=O) groups excluding carboxylic acids is 1. The average molecular weight is 463 g/mol. The lowest BCUT2D eigenvalue weighted by Crippen LogP contribution is -2.21. The van der Waals surface area contributed by atoms with Crippen molar-refractivity contribution in [2.24, 2.45) is 5.73 Å². The molecule has 0 saturated carbocycles. The Bertz CT molecular complexity index is 1310. The van der Waals surface area contributed by atoms with Crippen LogP contribution in [0.3, 0.4) is 0 Å². The van der Waals surface area contributed by atoms with Gasteiger partial charge < -0.3 is 24.7 Å². The van der Waals surface area contributed by atoms with Crippen LogP contribution < -0.4 is 24.7 Å². The van der Waals surface area contributed by atoms with Gasteiger partial charge in [-0.15, -0.1) is 0 Å². The van der Waals surface area contributed by atoms with Gasteiger partial charge >= 0.3 is 5.97 Å². The van der Waals surface area contributed by atoms with E-state index >= 15 is 0 Å². The van der Waals surface area contributed by atoms with Crippen molar-refractivity contribution in [1.82, 2.24) is 0 Å². The highest BCUT2D eigenvalue weighted by atomic mass is 35.5. The molecule has 33 heavy (non-hydrogen) atoms. The van der Waals surface area contributed by atoms with Crippen LogP contribution in [-0.2, 0) is 0 Å². The number of allylic oxidation sites excluding steroid dienone is 1. The molecule has 1 aliphatic heterocycles. The number of halogens is 1. The maximum Gasteiger partial charge on any atom is 0.343 e. The smallest absolute Gasteiger partial charge is 0.343 e. The SMILES string of the molecule is COc1ccc(C(=O)Oc2ccc3c(c2)OC(N)=C(C#N)C3c2ccccc2OC)cc1Cl. The highest BCUT2D eigenvalue weighted by Crippen LogP contribution is 2.45. The molecule has 8 heteroatoms. The molecule has 0 radical (unpaired) electrons. The summed E-state index contributed by atoms with van der Waals surface area (Å²) in [6.45, 7) is 0. The molecule has 0 bridgehead atoms. The molecule has 3 aromatic rings. The number of fused-ring (bicyclic) bond motifs is 1. The highest BCUT2D eigenvalue weighted by Gasteiger charge is 2.32. The van der Waals surface area contributed by atoms with Crippen LogP contribution in [0.25, 0.3) is 0 Å². The van der Waals surface area contributed by atoms with E-state index < -0.39 is 11.9 Å². The first kappa shape index (κ1) is 22.1. The molecule has 1 atom stereocenters. The van der Waals surface area contributed by atoms with Gasteiger partial charge in [-0.3, -0.25) is 0 Å². The van der Waals surface area contributed by atoms with Crippen molar-refractivity contribution in [3.05, 3.63) is 93.8 Å². The first-order valence-corrected chi connectivity index (χ1v) is 10.2. The Morgan fingerprint density at radius 2 is 1.79 bits per heavy atom. The van der Waals surface area contributed by atoms with Gasteiger partial charge in [0.1, 0.15) is 34.6 Å². The van der Waals surface area contributed by atoms with Gasteiger partial charge in [-0.05, 0) is 30.3 Å². The Hall–Kier alpha value is -4.15. The van der Waals surface area contributed by atoms with Crippen molar-refractivity contribution >= 4 is 17.6 Å². The quantitative estimate of drug-likeness (QED) is 0.429. The summed E-state index contributed by atoms with van der Waals surface area (Å²) in [5.41, 5.74) is 8.06. The standard InChI is InChI=1S/C25H19ClN2O5/c1-30-20-6-4-3-5-16(20)23-17-9-8-15(12-22(17)33-24(28)18(23)13-27)32-25(29)14-7-10-21(31-2)19(26)11-14/h3-12,23H,28H2,1-2H3. The summed E-state index contributed by atoms with van der Waals surface area (Å²) in [5, 5.41) is 10.0. The molecular formula is C25H19ClN2O5. The molecule has 0 amide bonds. The van der Waals surface area contributed by atoms with E-state index in [1.165, 1.54) is 13.2 Å². The fraction of sp³-hybridized carbons (Fsp3) is 0.120. The summed E-state index contributed by atoms with van der Waals surface area (Å²) in [7, 11) is 3.05. The molecule has 1 unspecified atom stereocenters. The minimum atomic E-state index is -0.599. The number of hydrogen-bond donors (Lipinski definition) is 1. The normalized spacial score (nSPS) is 14.5. The number of hydrogen-bond acceptors (Lipinski definition) is 7. The van der Waals surface area contributed by atoms with Crippen molar-refractivity contribution < 1.29 is 23.7 Å². The first-order valence-electron chi connectivity index (χ1n) is 9.87. The van der Waals surface area contributed by atoms with Crippen molar-refractivity contribution in [3.63, 3.8) is 0 Å². The lowest BCUT2D eigenvalue weighted by atomic mass is 9.83. The van der Waals surface area contributed by atoms with Crippen LogP contribution in [0.15, 0.2) is 72.1 Å². The van der Waals surface area contributed by atoms with Gasteiger partial charge in [-0.25, -0.2) is 4.79 Å². The van der Waals surface area contributed by atoms with Gasteiger partial charge in [-0.1, -0.05) is 35.9 Å². The molecule has 0 spiro atoms. The van der Waals surface area contributed by atoms with Gasteiger partial charge in [0.15, 0.2) is 0 Å². The first-order chi connectivity index (χ1) is 16.0. The number of rotatable bonds is 5. The van der Waals surface area contributed by atoms with E-state index in [0.29, 0.717) is 27.8 Å². The van der Waals surface area contributed by atoms with E-state index in [1.54, 1.807) is 37.4 Å². The summed E-state index contributed by atoms with van der Waals surface area (Å²) in [5.74, 6) is 0.568. The second kappa shape index (κ2) is 9.15. The summed E-state index contributed by atoms with van der Waals surface area (Å²) >= 11 is 6.11. The number of benzene rings is 3. The summed E-state index contributed by atoms with van der Waals surface area (Å²) in [6.07, 6.45) is 0. The second-order valence-electron chi connectivity index (χ2n) is 7.11. The van der Waals surface area contributed by atoms with Gasteiger partial charge in [0, 0.05) is 17.2 Å². The Balaban J connectivity index is 1.69. The third kappa shape index (κ3) is 4.16. The molecule has 3 aromatic carbocycles. The minimum Gasteiger partial charge on any atom is -0.496 e. The Morgan fingerprint density at radius 1 is 1.03 bits per heavy atom. The Morgan fingerprint density at radius 3 is 2.48 bits per heavy atom. The molecule has 7 nitrogen and oxygen atoms in total. The van der Waals surface area contributed by atoms with Crippen LogP contribution in [-0.4, -0.2) is 20.2 Å². The minimum absolute atomic E-state index is 0.0219. The summed E-state index contributed by atoms with van der Waals surface area (Å²) in [4.78, 5) is 12.6. The summed E-state index contributed by atoms with van der Waals surface area (Å²) < 4.78 is 21.8. The maximum absolute atomic E-state index is 12.6. The average Bonchev–Trinajstić information content (AvgIpc) is 2.83. The lowest BCUT2D eigenvalue weighted by molar-refractivity contribution is 0.0734. The fourth-order valence-electron chi connectivity index (χ4n) is 3.68. The van der Waals surface area contributed by atoms with Crippen LogP contribution in [0.2, 0.25) is 5.02 Å². The van der Waals surface area contributed by atoms with E-state index in [-0.39, 0.29) is 22.8 Å². The number of nitriles is 1. The third-order valence-corrected chi connectivity index (χ3v) is 5.53. The van der Waals surface area contributed by atoms with E-state index in [2.05, 4.69) is 6.07 Å². The zero-order chi connectivity index (χ0) is 23.5. The predicted molar refractivity (Wildman–Crippen MR) is 122 cm³/mol. The maximum atomic E-state index is 12.6. The third-order valence-electron chi connectivity index (χ3n) is 5.24. The molecular weight excluding hydrogens is 444 g/mol. The van der Waals surface area contributed by atoms with Gasteiger partial charge in [0.2, 0.25) is 5.88 Å². The fourth-order valence-corrected chi connectivity index (χ4v) is 3.94. The van der Waals surface area contributed by atoms with Crippen LogP contribution in [0.4, 0.5) is 0 Å². The number of esters is 1. The molecule has 1 aliphatic rings. The van der Waals surface area contributed by atoms with Crippen molar-refractivity contribution in [3.8, 4) is 29.1 Å². The highest BCUT2D eigenvalue weighted by molar-refractivity contribution is 6.32. The molecule has 2 N–H and O–H groups in total. The van der Waals surface area contributed by atoms with Crippen molar-refractivity contribution in [2.45, 2.75) is 5.92 Å². The molecule has 0 aromatic heterocycles. The number of para-hydroxylation sites is 1. The largest absolute Gasteiger partial charge is 0.496 e. The van der Waals surface area contributed by atoms with Crippen molar-refractivity contribution in [2.75, 3.05) is 14.2 Å². The monoisotopic (exact) mass is 462 g/mol. The molecule has 1 heterocycles. The molecule has 166 valence electrons. The molecule has 0 fully saturated rings. The van der Waals surface area contributed by atoms with Crippen LogP contribution in [0.1, 0.15) is 27.4 Å². The van der Waals surface area contributed by atoms with E-state index in [0.717, 1.165) is 5.56 Å². The second-order valence-corrected chi connectivity index (χ2v) is 7.51. The summed E-state index contributed by atoms with van der Waals surface area (Å²) in [6, 6.07) is 19.0. The number of carbonyl (C=O) groups is 1. The number of nitrogens with two attached hydrogens (primary N) is 1. The Kier molecular flexibility index (Phi) is 6.11. The molecule has 4 rings (SSSR count). The molecule has 0 saturated heterocycles. The number of ether oxygens (including phenoxy) is 4.